The van der Waals surface area contributed by atoms with Crippen molar-refractivity contribution in [3.63, 3.8) is 0 Å². The number of amides is 1. The number of anilines is 1. The van der Waals surface area contributed by atoms with Crippen LogP contribution in [0.2, 0.25) is 0 Å². The number of carbonyl (C=O) groups is 2. The molecular weight excluding hydrogens is 345 g/mol. The minimum Gasteiger partial charge on any atom is -0.493 e. The van der Waals surface area contributed by atoms with Gasteiger partial charge in [0.1, 0.15) is 5.82 Å². The second kappa shape index (κ2) is 6.43. The van der Waals surface area contributed by atoms with Crippen molar-refractivity contribution in [2.75, 3.05) is 19.5 Å². The fourth-order valence-corrected chi connectivity index (χ4v) is 2.44. The van der Waals surface area contributed by atoms with Gasteiger partial charge in [0.15, 0.2) is 5.75 Å². The average molecular weight is 360 g/mol. The van der Waals surface area contributed by atoms with E-state index in [0.717, 1.165) is 18.9 Å². The van der Waals surface area contributed by atoms with E-state index in [4.69, 9.17) is 4.74 Å². The van der Waals surface area contributed by atoms with Gasteiger partial charge in [-0.25, -0.2) is 9.18 Å². The molecule has 7 heteroatoms. The lowest BCUT2D eigenvalue weighted by molar-refractivity contribution is -0.116. The van der Waals surface area contributed by atoms with Crippen LogP contribution in [0.1, 0.15) is 29.6 Å². The largest absolute Gasteiger partial charge is 0.493 e. The molecule has 1 aliphatic carbocycles. The highest BCUT2D eigenvalue weighted by atomic mass is 79.9. The van der Waals surface area contributed by atoms with Crippen molar-refractivity contribution in [3.8, 4) is 5.75 Å². The maximum atomic E-state index is 13.8. The Balaban J connectivity index is 2.40. The Labute approximate surface area is 129 Å². The highest BCUT2D eigenvalue weighted by molar-refractivity contribution is 9.10. The van der Waals surface area contributed by atoms with Gasteiger partial charge in [0.05, 0.1) is 29.9 Å². The zero-order valence-electron chi connectivity index (χ0n) is 11.7. The van der Waals surface area contributed by atoms with Crippen molar-refractivity contribution >= 4 is 33.5 Å². The van der Waals surface area contributed by atoms with Gasteiger partial charge >= 0.3 is 5.97 Å². The van der Waals surface area contributed by atoms with Crippen LogP contribution in [-0.2, 0) is 9.53 Å². The van der Waals surface area contributed by atoms with Crippen LogP contribution in [-0.4, -0.2) is 26.1 Å². The molecular formula is C14H15BrFNO4. The summed E-state index contributed by atoms with van der Waals surface area (Å²) >= 11 is 3.05. The predicted molar refractivity (Wildman–Crippen MR) is 78.0 cm³/mol. The third kappa shape index (κ3) is 3.53. The molecule has 0 saturated heterocycles. The number of halogens is 2. The fraction of sp³-hybridized carbons (Fsp3) is 0.429. The molecule has 0 heterocycles. The second-order valence-electron chi connectivity index (χ2n) is 4.82. The number of nitrogens with one attached hydrogen (secondary N) is 1. The summed E-state index contributed by atoms with van der Waals surface area (Å²) < 4.78 is 23.6. The summed E-state index contributed by atoms with van der Waals surface area (Å²) in [5, 5.41) is 2.62. The lowest BCUT2D eigenvalue weighted by Crippen LogP contribution is -2.17. The van der Waals surface area contributed by atoms with Gasteiger partial charge in [-0.15, -0.1) is 0 Å². The quantitative estimate of drug-likeness (QED) is 0.820. The molecule has 1 aromatic carbocycles. The van der Waals surface area contributed by atoms with E-state index in [1.807, 2.05) is 0 Å². The first-order chi connectivity index (χ1) is 9.97. The Morgan fingerprint density at radius 3 is 2.62 bits per heavy atom. The molecule has 1 N–H and O–H groups in total. The second-order valence-corrected chi connectivity index (χ2v) is 5.61. The number of esters is 1. The Kier molecular flexibility index (Phi) is 4.82. The van der Waals surface area contributed by atoms with Crippen molar-refractivity contribution in [2.24, 2.45) is 5.92 Å². The van der Waals surface area contributed by atoms with Crippen LogP contribution in [0.4, 0.5) is 10.1 Å². The Bertz CT molecular complexity index is 587. The summed E-state index contributed by atoms with van der Waals surface area (Å²) in [6.07, 6.45) is 2.43. The van der Waals surface area contributed by atoms with Gasteiger partial charge in [0.25, 0.3) is 0 Å². The molecule has 1 aliphatic rings. The van der Waals surface area contributed by atoms with E-state index in [1.54, 1.807) is 0 Å². The van der Waals surface area contributed by atoms with Crippen molar-refractivity contribution in [1.82, 2.24) is 0 Å². The SMILES string of the molecule is COC(=O)c1cc(F)c(Br)c(OC)c1NC(=O)CC1CC1. The minimum absolute atomic E-state index is 0.0411. The highest BCUT2D eigenvalue weighted by Gasteiger charge is 2.27. The molecule has 0 bridgehead atoms. The average Bonchev–Trinajstić information content (AvgIpc) is 3.26. The Morgan fingerprint density at radius 1 is 1.43 bits per heavy atom. The number of hydrogen-bond donors (Lipinski definition) is 1. The third-order valence-corrected chi connectivity index (χ3v) is 3.96. The number of ether oxygens (including phenoxy) is 2. The van der Waals surface area contributed by atoms with Crippen molar-refractivity contribution in [3.05, 3.63) is 21.9 Å². The van der Waals surface area contributed by atoms with Crippen molar-refractivity contribution < 1.29 is 23.5 Å². The van der Waals surface area contributed by atoms with E-state index in [2.05, 4.69) is 26.0 Å². The molecule has 0 atom stereocenters. The van der Waals surface area contributed by atoms with Crippen molar-refractivity contribution in [2.45, 2.75) is 19.3 Å². The van der Waals surface area contributed by atoms with Gasteiger partial charge in [-0.05, 0) is 40.8 Å². The van der Waals surface area contributed by atoms with E-state index in [0.29, 0.717) is 12.3 Å². The molecule has 1 aromatic rings. The van der Waals surface area contributed by atoms with Gasteiger partial charge in [0.2, 0.25) is 5.91 Å². The molecule has 0 aromatic heterocycles. The predicted octanol–water partition coefficient (Wildman–Crippen LogP) is 3.12. The smallest absolute Gasteiger partial charge is 0.340 e. The normalized spacial score (nSPS) is 13.7. The van der Waals surface area contributed by atoms with Gasteiger partial charge < -0.3 is 14.8 Å². The molecule has 0 unspecified atom stereocenters. The first kappa shape index (κ1) is 15.8. The molecule has 0 aliphatic heterocycles. The third-order valence-electron chi connectivity index (χ3n) is 3.22. The summed E-state index contributed by atoms with van der Waals surface area (Å²) in [5.74, 6) is -1.21. The zero-order chi connectivity index (χ0) is 15.6. The summed E-state index contributed by atoms with van der Waals surface area (Å²) in [4.78, 5) is 23.7. The molecule has 21 heavy (non-hydrogen) atoms. The summed E-state index contributed by atoms with van der Waals surface area (Å²) in [6.45, 7) is 0. The fourth-order valence-electron chi connectivity index (χ4n) is 1.96. The van der Waals surface area contributed by atoms with E-state index in [9.17, 15) is 14.0 Å². The lowest BCUT2D eigenvalue weighted by Gasteiger charge is -2.16. The molecule has 0 radical (unpaired) electrons. The van der Waals surface area contributed by atoms with E-state index in [-0.39, 0.29) is 27.4 Å². The molecule has 2 rings (SSSR count). The van der Waals surface area contributed by atoms with E-state index in [1.165, 1.54) is 14.2 Å². The first-order valence-corrected chi connectivity index (χ1v) is 7.21. The van der Waals surface area contributed by atoms with Crippen molar-refractivity contribution in [1.29, 1.82) is 0 Å². The summed E-state index contributed by atoms with van der Waals surface area (Å²) in [7, 11) is 2.52. The van der Waals surface area contributed by atoms with E-state index < -0.39 is 11.8 Å². The molecule has 5 nitrogen and oxygen atoms in total. The topological polar surface area (TPSA) is 64.6 Å². The standard InChI is InChI=1S/C14H15BrFNO4/c1-20-13-11(15)9(16)6-8(14(19)21-2)12(13)17-10(18)5-7-3-4-7/h6-7H,3-5H2,1-2H3,(H,17,18). The van der Waals surface area contributed by atoms with Gasteiger partial charge in [-0.2, -0.15) is 0 Å². The van der Waals surface area contributed by atoms with E-state index >= 15 is 0 Å². The number of hydrogen-bond acceptors (Lipinski definition) is 4. The van der Waals surface area contributed by atoms with Crippen LogP contribution in [0.25, 0.3) is 0 Å². The zero-order valence-corrected chi connectivity index (χ0v) is 13.3. The maximum absolute atomic E-state index is 13.8. The Morgan fingerprint density at radius 2 is 2.10 bits per heavy atom. The molecule has 114 valence electrons. The summed E-state index contributed by atoms with van der Waals surface area (Å²) in [6, 6.07) is 1.01. The van der Waals surface area contributed by atoms with Crippen LogP contribution in [0.5, 0.6) is 5.75 Å². The number of benzene rings is 1. The van der Waals surface area contributed by atoms with Gasteiger partial charge in [-0.3, -0.25) is 4.79 Å². The van der Waals surface area contributed by atoms with Crippen LogP contribution in [0.3, 0.4) is 0 Å². The molecule has 1 amide bonds. The number of methoxy groups -OCH3 is 2. The molecule has 0 spiro atoms. The molecule has 1 saturated carbocycles. The Hall–Kier alpha value is -1.63. The number of carbonyl (C=O) groups excluding carboxylic acids is 2. The number of rotatable bonds is 5. The van der Waals surface area contributed by atoms with Crippen LogP contribution in [0, 0.1) is 11.7 Å². The highest BCUT2D eigenvalue weighted by Crippen LogP contribution is 2.39. The molecule has 1 fully saturated rings. The van der Waals surface area contributed by atoms with Crippen LogP contribution >= 0.6 is 15.9 Å². The van der Waals surface area contributed by atoms with Gasteiger partial charge in [-0.1, -0.05) is 0 Å². The lowest BCUT2D eigenvalue weighted by atomic mass is 10.1. The summed E-state index contributed by atoms with van der Waals surface area (Å²) in [5.41, 5.74) is 0.0301. The minimum atomic E-state index is -0.749. The maximum Gasteiger partial charge on any atom is 0.340 e. The first-order valence-electron chi connectivity index (χ1n) is 6.42. The van der Waals surface area contributed by atoms with Crippen LogP contribution < -0.4 is 10.1 Å². The monoisotopic (exact) mass is 359 g/mol. The van der Waals surface area contributed by atoms with Gasteiger partial charge in [0, 0.05) is 6.42 Å². The van der Waals surface area contributed by atoms with Crippen LogP contribution in [0.15, 0.2) is 10.5 Å².